The van der Waals surface area contributed by atoms with Gasteiger partial charge in [-0.25, -0.2) is 0 Å². The van der Waals surface area contributed by atoms with Gasteiger partial charge >= 0.3 is 0 Å². The third-order valence-corrected chi connectivity index (χ3v) is 5.02. The molecule has 0 atom stereocenters. The van der Waals surface area contributed by atoms with Crippen LogP contribution in [0.4, 0.5) is 0 Å². The molecule has 0 saturated heterocycles. The Morgan fingerprint density at radius 3 is 2.79 bits per heavy atom. The summed E-state index contributed by atoms with van der Waals surface area (Å²) < 4.78 is 23.2. The monoisotopic (exact) mass is 399 g/mol. The summed E-state index contributed by atoms with van der Waals surface area (Å²) >= 11 is 1.44. The van der Waals surface area contributed by atoms with Crippen molar-refractivity contribution in [1.29, 1.82) is 0 Å². The first kappa shape index (κ1) is 18.1. The summed E-state index contributed by atoms with van der Waals surface area (Å²) in [7, 11) is 5.06. The molecule has 0 N–H and O–H groups in total. The van der Waals surface area contributed by atoms with Gasteiger partial charge < -0.3 is 23.0 Å². The second kappa shape index (κ2) is 7.77. The normalized spacial score (nSPS) is 11.0. The number of thioether (sulfide) groups is 1. The molecule has 144 valence electrons. The fourth-order valence-electron chi connectivity index (χ4n) is 2.59. The van der Waals surface area contributed by atoms with Crippen LogP contribution in [0.2, 0.25) is 0 Å². The number of methoxy groups -OCH3 is 2. The van der Waals surface area contributed by atoms with Gasteiger partial charge in [0.2, 0.25) is 11.7 Å². The lowest BCUT2D eigenvalue weighted by Crippen LogP contribution is -1.94. The van der Waals surface area contributed by atoms with Crippen molar-refractivity contribution in [3.63, 3.8) is 0 Å². The molecular formula is C18H17N5O4S. The predicted molar refractivity (Wildman–Crippen MR) is 101 cm³/mol. The van der Waals surface area contributed by atoms with E-state index in [1.807, 2.05) is 35.9 Å². The molecule has 0 aliphatic heterocycles. The van der Waals surface area contributed by atoms with Gasteiger partial charge in [0.25, 0.3) is 0 Å². The predicted octanol–water partition coefficient (Wildman–Crippen LogP) is 3.43. The van der Waals surface area contributed by atoms with Crippen LogP contribution in [-0.2, 0) is 12.8 Å². The molecule has 1 aromatic carbocycles. The molecule has 3 aromatic heterocycles. The van der Waals surface area contributed by atoms with E-state index in [0.29, 0.717) is 45.7 Å². The first-order valence-electron chi connectivity index (χ1n) is 8.30. The van der Waals surface area contributed by atoms with E-state index in [1.54, 1.807) is 26.5 Å². The van der Waals surface area contributed by atoms with E-state index >= 15 is 0 Å². The maximum absolute atomic E-state index is 5.40. The largest absolute Gasteiger partial charge is 0.497 e. The molecule has 9 nitrogen and oxygen atoms in total. The molecule has 0 spiro atoms. The molecule has 0 aliphatic rings. The fourth-order valence-corrected chi connectivity index (χ4v) is 3.34. The van der Waals surface area contributed by atoms with Gasteiger partial charge in [-0.05, 0) is 24.3 Å². The first-order chi connectivity index (χ1) is 13.7. The zero-order valence-corrected chi connectivity index (χ0v) is 16.3. The number of nitrogens with zero attached hydrogens (tertiary/aromatic N) is 5. The molecule has 3 heterocycles. The van der Waals surface area contributed by atoms with E-state index in [4.69, 9.17) is 18.4 Å². The molecule has 0 unspecified atom stereocenters. The average molecular weight is 399 g/mol. The molecule has 28 heavy (non-hydrogen) atoms. The minimum Gasteiger partial charge on any atom is -0.497 e. The molecule has 0 aliphatic carbocycles. The zero-order chi connectivity index (χ0) is 19.5. The molecule has 4 aromatic rings. The Hall–Kier alpha value is -3.27. The summed E-state index contributed by atoms with van der Waals surface area (Å²) in [5, 5.41) is 13.1. The van der Waals surface area contributed by atoms with Crippen LogP contribution in [0, 0.1) is 0 Å². The van der Waals surface area contributed by atoms with Gasteiger partial charge in [-0.1, -0.05) is 16.9 Å². The lowest BCUT2D eigenvalue weighted by molar-refractivity contribution is 0.388. The second-order valence-electron chi connectivity index (χ2n) is 5.71. The summed E-state index contributed by atoms with van der Waals surface area (Å²) in [5.74, 6) is 3.99. The van der Waals surface area contributed by atoms with Crippen LogP contribution in [-0.4, -0.2) is 39.1 Å². The number of rotatable bonds is 7. The number of ether oxygens (including phenoxy) is 2. The number of aromatic nitrogens is 5. The minimum absolute atomic E-state index is 0.448. The topological polar surface area (TPSA) is 101 Å². The number of hydrogen-bond donors (Lipinski definition) is 0. The van der Waals surface area contributed by atoms with Crippen LogP contribution < -0.4 is 9.47 Å². The maximum atomic E-state index is 5.40. The summed E-state index contributed by atoms with van der Waals surface area (Å²) in [4.78, 5) is 4.45. The molecule has 0 saturated carbocycles. The number of hydrogen-bond acceptors (Lipinski definition) is 9. The van der Waals surface area contributed by atoms with E-state index in [9.17, 15) is 0 Å². The van der Waals surface area contributed by atoms with Crippen molar-refractivity contribution >= 4 is 11.8 Å². The van der Waals surface area contributed by atoms with Crippen molar-refractivity contribution in [3.05, 3.63) is 42.5 Å². The van der Waals surface area contributed by atoms with Crippen molar-refractivity contribution in [2.24, 2.45) is 7.05 Å². The van der Waals surface area contributed by atoms with Crippen molar-refractivity contribution in [2.45, 2.75) is 10.9 Å². The van der Waals surface area contributed by atoms with Gasteiger partial charge in [0.1, 0.15) is 11.5 Å². The SMILES string of the molecule is COc1ccc(-c2noc(CSc3nnc(-c4ccco4)n3C)n2)c(OC)c1. The van der Waals surface area contributed by atoms with Crippen LogP contribution in [0.5, 0.6) is 11.5 Å². The quantitative estimate of drug-likeness (QED) is 0.432. The average Bonchev–Trinajstić information content (AvgIpc) is 3.47. The lowest BCUT2D eigenvalue weighted by Gasteiger charge is -2.07. The molecule has 0 bridgehead atoms. The van der Waals surface area contributed by atoms with Crippen LogP contribution in [0.3, 0.4) is 0 Å². The first-order valence-corrected chi connectivity index (χ1v) is 9.29. The van der Waals surface area contributed by atoms with Crippen LogP contribution in [0.25, 0.3) is 23.0 Å². The summed E-state index contributed by atoms with van der Waals surface area (Å²) in [6.45, 7) is 0. The smallest absolute Gasteiger partial charge is 0.237 e. The molecule has 0 fully saturated rings. The van der Waals surface area contributed by atoms with Gasteiger partial charge in [-0.2, -0.15) is 4.98 Å². The Balaban J connectivity index is 1.49. The van der Waals surface area contributed by atoms with Crippen molar-refractivity contribution in [1.82, 2.24) is 24.9 Å². The Labute approximate surface area is 164 Å². The molecular weight excluding hydrogens is 382 g/mol. The Morgan fingerprint density at radius 1 is 1.14 bits per heavy atom. The Morgan fingerprint density at radius 2 is 2.04 bits per heavy atom. The standard InChI is InChI=1S/C18H17N5O4S/c1-23-17(13-5-4-8-26-13)20-21-18(23)28-10-15-19-16(22-27-15)12-7-6-11(24-2)9-14(12)25-3/h4-9H,10H2,1-3H3. The third-order valence-electron chi connectivity index (χ3n) is 4.02. The molecule has 0 amide bonds. The highest BCUT2D eigenvalue weighted by molar-refractivity contribution is 7.98. The highest BCUT2D eigenvalue weighted by atomic mass is 32.2. The van der Waals surface area contributed by atoms with Crippen molar-refractivity contribution in [2.75, 3.05) is 14.2 Å². The van der Waals surface area contributed by atoms with Crippen LogP contribution in [0.1, 0.15) is 5.89 Å². The highest BCUT2D eigenvalue weighted by Crippen LogP contribution is 2.32. The summed E-state index contributed by atoms with van der Waals surface area (Å²) in [6.07, 6.45) is 1.60. The number of furan rings is 1. The Bertz CT molecular complexity index is 1070. The zero-order valence-electron chi connectivity index (χ0n) is 15.4. The van der Waals surface area contributed by atoms with Gasteiger partial charge in [0.15, 0.2) is 16.7 Å². The van der Waals surface area contributed by atoms with Gasteiger partial charge in [-0.15, -0.1) is 10.2 Å². The van der Waals surface area contributed by atoms with E-state index < -0.39 is 0 Å². The highest BCUT2D eigenvalue weighted by Gasteiger charge is 2.17. The van der Waals surface area contributed by atoms with Crippen molar-refractivity contribution in [3.8, 4) is 34.5 Å². The molecule has 4 rings (SSSR count). The minimum atomic E-state index is 0.448. The van der Waals surface area contributed by atoms with Gasteiger partial charge in [-0.3, -0.25) is 0 Å². The summed E-state index contributed by atoms with van der Waals surface area (Å²) in [6, 6.07) is 9.07. The van der Waals surface area contributed by atoms with E-state index in [2.05, 4.69) is 20.3 Å². The third kappa shape index (κ3) is 3.46. The van der Waals surface area contributed by atoms with E-state index in [1.165, 1.54) is 11.8 Å². The second-order valence-corrected chi connectivity index (χ2v) is 6.65. The molecule has 0 radical (unpaired) electrons. The molecule has 10 heteroatoms. The lowest BCUT2D eigenvalue weighted by atomic mass is 10.2. The van der Waals surface area contributed by atoms with Crippen LogP contribution >= 0.6 is 11.8 Å². The maximum Gasteiger partial charge on any atom is 0.237 e. The van der Waals surface area contributed by atoms with E-state index in [0.717, 1.165) is 5.56 Å². The summed E-state index contributed by atoms with van der Waals surface area (Å²) in [5.41, 5.74) is 0.724. The van der Waals surface area contributed by atoms with Gasteiger partial charge in [0.05, 0.1) is 31.8 Å². The van der Waals surface area contributed by atoms with E-state index in [-0.39, 0.29) is 0 Å². The van der Waals surface area contributed by atoms with Crippen LogP contribution in [0.15, 0.2) is 50.7 Å². The number of benzene rings is 1. The van der Waals surface area contributed by atoms with Gasteiger partial charge in [0, 0.05) is 13.1 Å². The Kier molecular flexibility index (Phi) is 5.02. The fraction of sp³-hybridized carbons (Fsp3) is 0.222. The van der Waals surface area contributed by atoms with Crippen molar-refractivity contribution < 1.29 is 18.4 Å².